The second-order valence-electron chi connectivity index (χ2n) is 9.01. The molecule has 6 rings (SSSR count). The Labute approximate surface area is 224 Å². The fraction of sp³-hybridized carbons (Fsp3) is 0.261. The van der Waals surface area contributed by atoms with Crippen molar-refractivity contribution in [3.05, 3.63) is 58.3 Å². The summed E-state index contributed by atoms with van der Waals surface area (Å²) in [5.74, 6) is -0.870. The lowest BCUT2D eigenvalue weighted by atomic mass is 10.1. The summed E-state index contributed by atoms with van der Waals surface area (Å²) in [6.45, 7) is 0.713. The van der Waals surface area contributed by atoms with Crippen LogP contribution in [-0.4, -0.2) is 43.6 Å². The lowest BCUT2D eigenvalue weighted by Gasteiger charge is -2.46. The third kappa shape index (κ3) is 4.23. The summed E-state index contributed by atoms with van der Waals surface area (Å²) in [6, 6.07) is 12.2. The van der Waals surface area contributed by atoms with Crippen molar-refractivity contribution in [3.8, 4) is 0 Å². The van der Waals surface area contributed by atoms with E-state index in [1.54, 1.807) is 17.4 Å². The summed E-state index contributed by atoms with van der Waals surface area (Å²) in [5, 5.41) is 1.35. The molecule has 2 atom stereocenters. The zero-order valence-electron chi connectivity index (χ0n) is 19.1. The monoisotopic (exact) mass is 600 g/mol. The Kier molecular flexibility index (Phi) is 6.04. The fourth-order valence-corrected chi connectivity index (χ4v) is 10.9. The molecule has 8 nitrogen and oxygen atoms in total. The number of nitrogens with zero attached hydrogens (tertiary/aromatic N) is 2. The van der Waals surface area contributed by atoms with Crippen LogP contribution >= 0.6 is 34.4 Å². The van der Waals surface area contributed by atoms with Crippen LogP contribution in [0.2, 0.25) is 0 Å². The van der Waals surface area contributed by atoms with E-state index in [2.05, 4.69) is 0 Å². The van der Waals surface area contributed by atoms with Crippen LogP contribution < -0.4 is 9.05 Å². The second kappa shape index (κ2) is 8.81. The minimum atomic E-state index is -4.42. The van der Waals surface area contributed by atoms with Gasteiger partial charge < -0.3 is 0 Å². The Hall–Kier alpha value is -1.91. The van der Waals surface area contributed by atoms with E-state index in [4.69, 9.17) is 0 Å². The maximum Gasteiger partial charge on any atom is 0.320 e. The van der Waals surface area contributed by atoms with Crippen molar-refractivity contribution in [2.24, 2.45) is 0 Å². The van der Waals surface area contributed by atoms with Crippen LogP contribution in [-0.2, 0) is 26.8 Å². The van der Waals surface area contributed by atoms with Crippen LogP contribution in [0.4, 0.5) is 10.1 Å². The molecule has 0 amide bonds. The van der Waals surface area contributed by atoms with Gasteiger partial charge in [0.2, 0.25) is 5.37 Å². The largest absolute Gasteiger partial charge is 0.320 e. The van der Waals surface area contributed by atoms with Crippen LogP contribution in [0.15, 0.2) is 52.4 Å². The van der Waals surface area contributed by atoms with Gasteiger partial charge in [-0.05, 0) is 30.0 Å². The van der Waals surface area contributed by atoms with Crippen LogP contribution in [0, 0.1) is 5.82 Å². The predicted octanol–water partition coefficient (Wildman–Crippen LogP) is 4.85. The number of quaternary nitrogens is 1. The van der Waals surface area contributed by atoms with Crippen LogP contribution in [0.3, 0.4) is 0 Å². The van der Waals surface area contributed by atoms with Crippen molar-refractivity contribution in [3.63, 3.8) is 0 Å². The van der Waals surface area contributed by atoms with Gasteiger partial charge >= 0.3 is 10.1 Å². The van der Waals surface area contributed by atoms with Crippen molar-refractivity contribution in [1.29, 1.82) is 0 Å². The molecule has 2 aliphatic heterocycles. The lowest BCUT2D eigenvalue weighted by Crippen LogP contribution is -2.66. The first-order valence-electron chi connectivity index (χ1n) is 11.3. The Balaban J connectivity index is 1.53. The molecule has 0 saturated carbocycles. The van der Waals surface area contributed by atoms with E-state index in [1.807, 2.05) is 34.9 Å². The van der Waals surface area contributed by atoms with E-state index in [-0.39, 0.29) is 23.1 Å². The lowest BCUT2D eigenvalue weighted by molar-refractivity contribution is -0.666. The topological polar surface area (TPSA) is 113 Å². The Bertz CT molecular complexity index is 1830. The highest BCUT2D eigenvalue weighted by molar-refractivity contribution is 8.03. The van der Waals surface area contributed by atoms with Crippen molar-refractivity contribution in [2.75, 3.05) is 12.3 Å². The molecule has 0 aliphatic carbocycles. The van der Waals surface area contributed by atoms with Crippen LogP contribution in [0.5, 0.6) is 0 Å². The first-order chi connectivity index (χ1) is 17.5. The van der Waals surface area contributed by atoms with Gasteiger partial charge in [0.25, 0.3) is 20.0 Å². The van der Waals surface area contributed by atoms with Gasteiger partial charge in [-0.25, -0.2) is 8.87 Å². The van der Waals surface area contributed by atoms with Crippen molar-refractivity contribution < 1.29 is 34.9 Å². The SMILES string of the molecule is O=S(=O)(O)CCC[n+]1c(C=C2Sc3ccc(F)cc3[N+]23CCC3S(=O)(=O)O)sc2c3ccccc3sc21. The second-order valence-corrected chi connectivity index (χ2v) is 15.3. The molecule has 37 heavy (non-hydrogen) atoms. The van der Waals surface area contributed by atoms with Gasteiger partial charge in [-0.3, -0.25) is 9.11 Å². The van der Waals surface area contributed by atoms with Gasteiger partial charge in [-0.15, -0.1) is 0 Å². The molecule has 1 saturated heterocycles. The van der Waals surface area contributed by atoms with Gasteiger partial charge in [-0.2, -0.15) is 21.4 Å². The highest BCUT2D eigenvalue weighted by Gasteiger charge is 2.62. The van der Waals surface area contributed by atoms with E-state index in [0.717, 1.165) is 29.5 Å². The number of thiazole rings is 1. The molecule has 1 spiro atoms. The molecule has 2 aliphatic rings. The summed E-state index contributed by atoms with van der Waals surface area (Å²) in [4.78, 5) is 1.67. The minimum Gasteiger partial charge on any atom is -0.286 e. The smallest absolute Gasteiger partial charge is 0.286 e. The number of thiophene rings is 1. The number of fused-ring (bicyclic) bond motifs is 5. The summed E-state index contributed by atoms with van der Waals surface area (Å²) in [7, 11) is -8.55. The predicted molar refractivity (Wildman–Crippen MR) is 145 cm³/mol. The minimum absolute atomic E-state index is 0.173. The van der Waals surface area contributed by atoms with Gasteiger partial charge in [0.1, 0.15) is 10.5 Å². The number of hydrogen-bond donors (Lipinski definition) is 2. The van der Waals surface area contributed by atoms with Crippen molar-refractivity contribution >= 4 is 86.1 Å². The van der Waals surface area contributed by atoms with Crippen molar-refractivity contribution in [2.45, 2.75) is 29.7 Å². The molecule has 2 aromatic carbocycles. The third-order valence-corrected chi connectivity index (χ3v) is 12.6. The molecule has 0 bridgehead atoms. The van der Waals surface area contributed by atoms with Gasteiger partial charge in [0.05, 0.1) is 29.7 Å². The van der Waals surface area contributed by atoms with Gasteiger partial charge in [0, 0.05) is 22.6 Å². The fourth-order valence-electron chi connectivity index (χ4n) is 5.12. The number of hydrogen-bond acceptors (Lipinski definition) is 7. The molecule has 2 N–H and O–H groups in total. The molecule has 194 valence electrons. The first kappa shape index (κ1) is 25.4. The zero-order valence-corrected chi connectivity index (χ0v) is 23.2. The van der Waals surface area contributed by atoms with E-state index in [0.29, 0.717) is 23.8 Å². The molecular weight excluding hydrogens is 580 g/mol. The summed E-state index contributed by atoms with van der Waals surface area (Å²) >= 11 is 4.43. The number of rotatable bonds is 6. The van der Waals surface area contributed by atoms with Gasteiger partial charge in [-0.1, -0.05) is 40.9 Å². The number of aromatic nitrogens is 1. The zero-order chi connectivity index (χ0) is 26.2. The molecule has 4 aromatic rings. The average molecular weight is 601 g/mol. The van der Waals surface area contributed by atoms with E-state index >= 15 is 0 Å². The molecule has 2 aromatic heterocycles. The van der Waals surface area contributed by atoms with Crippen molar-refractivity contribution in [1.82, 2.24) is 4.48 Å². The summed E-state index contributed by atoms with van der Waals surface area (Å²) in [5.41, 5.74) is 0.506. The maximum absolute atomic E-state index is 14.3. The highest BCUT2D eigenvalue weighted by Crippen LogP contribution is 2.58. The summed E-state index contributed by atoms with van der Waals surface area (Å²) in [6.07, 6.45) is 2.30. The standard InChI is InChI=1S/C23H19FN2O6S5/c24-14-6-7-18-16(12-14)26(10-8-21(26)37(30,31)32)20(33-18)13-19-25(9-3-11-36(27,28)29)23-22(35-19)15-4-1-2-5-17(15)34-23/h1-2,4-7,12-13,21H,3,8-11H2/p+2. The Morgan fingerprint density at radius 2 is 1.89 bits per heavy atom. The number of aryl methyl sites for hydroxylation is 1. The molecule has 14 heteroatoms. The first-order valence-corrected chi connectivity index (χ1v) is 16.9. The average Bonchev–Trinajstić information content (AvgIpc) is 3.40. The van der Waals surface area contributed by atoms with Crippen LogP contribution in [0.1, 0.15) is 17.8 Å². The quantitative estimate of drug-likeness (QED) is 0.185. The number of benzene rings is 2. The Morgan fingerprint density at radius 1 is 1.11 bits per heavy atom. The molecule has 1 fully saturated rings. The highest BCUT2D eigenvalue weighted by atomic mass is 32.2. The summed E-state index contributed by atoms with van der Waals surface area (Å²) < 4.78 is 84.9. The van der Waals surface area contributed by atoms with E-state index in [9.17, 15) is 30.3 Å². The third-order valence-electron chi connectivity index (χ3n) is 6.80. The van der Waals surface area contributed by atoms with Crippen LogP contribution in [0.25, 0.3) is 25.7 Å². The normalized spacial score (nSPS) is 22.8. The number of thioether (sulfide) groups is 1. The number of halogens is 1. The molecule has 0 radical (unpaired) electrons. The van der Waals surface area contributed by atoms with E-state index < -0.39 is 31.4 Å². The molecule has 2 unspecified atom stereocenters. The Morgan fingerprint density at radius 3 is 2.59 bits per heavy atom. The van der Waals surface area contributed by atoms with Gasteiger partial charge in [0.15, 0.2) is 17.3 Å². The molecule has 4 heterocycles. The molecular formula is C23H21FN2O6S5+2. The van der Waals surface area contributed by atoms with E-state index in [1.165, 1.54) is 35.2 Å². The maximum atomic E-state index is 14.3.